The molecule has 0 fully saturated rings. The minimum Gasteiger partial charge on any atom is -0.374 e. The summed E-state index contributed by atoms with van der Waals surface area (Å²) in [5.41, 5.74) is 0. The summed E-state index contributed by atoms with van der Waals surface area (Å²) in [7, 11) is -0.783. The van der Waals surface area contributed by atoms with Crippen LogP contribution in [0, 0.1) is 0 Å². The molecule has 1 atom stereocenters. The summed E-state index contributed by atoms with van der Waals surface area (Å²) in [4.78, 5) is 4.17. The minimum absolute atomic E-state index is 0.474. The second-order valence-electron chi connectivity index (χ2n) is 5.33. The summed E-state index contributed by atoms with van der Waals surface area (Å²) in [6.45, 7) is 8.81. The lowest BCUT2D eigenvalue weighted by molar-refractivity contribution is 0.0705. The third kappa shape index (κ3) is 10.3. The van der Waals surface area contributed by atoms with Gasteiger partial charge in [0.15, 0.2) is 0 Å². The van der Waals surface area contributed by atoms with Crippen molar-refractivity contribution in [1.29, 1.82) is 0 Å². The summed E-state index contributed by atoms with van der Waals surface area (Å²) >= 11 is 5.56. The summed E-state index contributed by atoms with van der Waals surface area (Å²) < 4.78 is 31.5. The molecular weight excluding hydrogens is 396 g/mol. The number of hydrogen-bond acceptors (Lipinski definition) is 8. The smallest absolute Gasteiger partial charge is 0.374 e. The van der Waals surface area contributed by atoms with E-state index in [1.54, 1.807) is 6.34 Å². The Labute approximate surface area is 164 Å². The van der Waals surface area contributed by atoms with Crippen molar-refractivity contribution >= 4 is 34.3 Å². The van der Waals surface area contributed by atoms with E-state index in [0.717, 1.165) is 25.4 Å². The molecule has 0 aliphatic carbocycles. The second kappa shape index (κ2) is 14.9. The van der Waals surface area contributed by atoms with Gasteiger partial charge in [0.1, 0.15) is 0 Å². The molecule has 11 heteroatoms. The molecule has 0 aromatic heterocycles. The van der Waals surface area contributed by atoms with Crippen molar-refractivity contribution in [1.82, 2.24) is 5.32 Å². The van der Waals surface area contributed by atoms with Gasteiger partial charge in [-0.05, 0) is 33.6 Å². The van der Waals surface area contributed by atoms with Gasteiger partial charge in [0.2, 0.25) is 0 Å². The molecule has 0 bridgehead atoms. The number of nitrogens with zero attached hydrogens (tertiary/aromatic N) is 1. The summed E-state index contributed by atoms with van der Waals surface area (Å²) in [5.74, 6) is 0. The average Bonchev–Trinajstić information content (AvgIpc) is 3.16. The van der Waals surface area contributed by atoms with E-state index in [0.29, 0.717) is 25.9 Å². The first-order valence-electron chi connectivity index (χ1n) is 8.95. The van der Waals surface area contributed by atoms with Crippen LogP contribution in [0.5, 0.6) is 0 Å². The molecule has 1 unspecified atom stereocenters. The molecule has 1 rings (SSSR count). The van der Waals surface area contributed by atoms with Crippen LogP contribution in [-0.2, 0) is 26.6 Å². The maximum absolute atomic E-state index is 5.82. The number of rotatable bonds is 13. The van der Waals surface area contributed by atoms with Gasteiger partial charge in [-0.2, -0.15) is 0 Å². The van der Waals surface area contributed by atoms with Crippen LogP contribution in [0.1, 0.15) is 33.6 Å². The zero-order valence-corrected chi connectivity index (χ0v) is 19.6. The van der Waals surface area contributed by atoms with Gasteiger partial charge in [-0.1, -0.05) is 11.1 Å². The van der Waals surface area contributed by atoms with Crippen LogP contribution in [0.4, 0.5) is 0 Å². The number of aliphatic imine (C=N–C) groups is 1. The number of nitrogens with one attached hydrogen (secondary N) is 1. The molecule has 0 aromatic carbocycles. The van der Waals surface area contributed by atoms with Crippen molar-refractivity contribution in [3.05, 3.63) is 0 Å². The molecule has 1 heterocycles. The molecular formula is C15H35ClN2O6Si2. The van der Waals surface area contributed by atoms with Gasteiger partial charge in [-0.15, -0.1) is 0 Å². The van der Waals surface area contributed by atoms with Crippen LogP contribution in [0.2, 0.25) is 6.04 Å². The van der Waals surface area contributed by atoms with Gasteiger partial charge in [0.25, 0.3) is 0 Å². The van der Waals surface area contributed by atoms with E-state index in [-0.39, 0.29) is 0 Å². The van der Waals surface area contributed by atoms with Crippen molar-refractivity contribution in [2.24, 2.45) is 4.99 Å². The van der Waals surface area contributed by atoms with E-state index in [4.69, 9.17) is 37.6 Å². The van der Waals surface area contributed by atoms with Crippen molar-refractivity contribution in [3.63, 3.8) is 0 Å². The average molecular weight is 431 g/mol. The molecule has 0 spiro atoms. The maximum Gasteiger partial charge on any atom is 0.612 e. The molecule has 0 saturated heterocycles. The molecule has 156 valence electrons. The Balaban J connectivity index is 0.000000660. The lowest BCUT2D eigenvalue weighted by atomic mass is 10.2. The Kier molecular flexibility index (Phi) is 14.9. The number of halogens is 1. The van der Waals surface area contributed by atoms with Gasteiger partial charge in [-0.3, -0.25) is 4.99 Å². The van der Waals surface area contributed by atoms with E-state index >= 15 is 0 Å². The summed E-state index contributed by atoms with van der Waals surface area (Å²) in [6.07, 6.45) is 3.93. The Morgan fingerprint density at radius 3 is 1.81 bits per heavy atom. The van der Waals surface area contributed by atoms with Crippen LogP contribution in [0.3, 0.4) is 0 Å². The predicted molar refractivity (Wildman–Crippen MR) is 108 cm³/mol. The summed E-state index contributed by atoms with van der Waals surface area (Å²) in [5, 5.41) is 3.24. The highest BCUT2D eigenvalue weighted by molar-refractivity contribution is 7.09. The first-order chi connectivity index (χ1) is 12.4. The van der Waals surface area contributed by atoms with Crippen molar-refractivity contribution < 1.29 is 26.6 Å². The first kappa shape index (κ1) is 26.0. The first-order valence-corrected chi connectivity index (χ1v) is 13.6. The monoisotopic (exact) mass is 430 g/mol. The van der Waals surface area contributed by atoms with Crippen LogP contribution < -0.4 is 5.32 Å². The number of hydrogen-bond donors (Lipinski definition) is 1. The van der Waals surface area contributed by atoms with Crippen LogP contribution in [0.15, 0.2) is 4.99 Å². The Morgan fingerprint density at radius 2 is 1.50 bits per heavy atom. The SMILES string of the molecule is CCO[Si](CCCC1CN=CN1)(OCC)OCC.CO[Si](Cl)(OC)OC. The van der Waals surface area contributed by atoms with Gasteiger partial charge in [-0.25, -0.2) is 0 Å². The lowest BCUT2D eigenvalue weighted by Gasteiger charge is -2.28. The molecule has 0 saturated carbocycles. The largest absolute Gasteiger partial charge is 0.612 e. The molecule has 0 amide bonds. The van der Waals surface area contributed by atoms with Crippen molar-refractivity contribution in [3.8, 4) is 0 Å². The zero-order chi connectivity index (χ0) is 19.9. The van der Waals surface area contributed by atoms with E-state index < -0.39 is 16.9 Å². The third-order valence-corrected chi connectivity index (χ3v) is 9.59. The minimum atomic E-state index is -2.70. The Bertz CT molecular complexity index is 345. The highest BCUT2D eigenvalue weighted by atomic mass is 35.6. The van der Waals surface area contributed by atoms with E-state index in [1.165, 1.54) is 21.3 Å². The third-order valence-electron chi connectivity index (χ3n) is 3.59. The fourth-order valence-corrected chi connectivity index (χ4v) is 5.52. The van der Waals surface area contributed by atoms with Gasteiger partial charge in [0, 0.05) is 53.2 Å². The van der Waals surface area contributed by atoms with Crippen LogP contribution in [-0.4, -0.2) is 77.0 Å². The lowest BCUT2D eigenvalue weighted by Crippen LogP contribution is -2.46. The highest BCUT2D eigenvalue weighted by Gasteiger charge is 2.39. The molecule has 1 aliphatic rings. The molecule has 1 N–H and O–H groups in total. The topological polar surface area (TPSA) is 79.8 Å². The zero-order valence-electron chi connectivity index (χ0n) is 16.9. The quantitative estimate of drug-likeness (QED) is 0.355. The molecule has 8 nitrogen and oxygen atoms in total. The maximum atomic E-state index is 5.82. The van der Waals surface area contributed by atoms with Gasteiger partial charge < -0.3 is 31.9 Å². The van der Waals surface area contributed by atoms with Gasteiger partial charge in [0.05, 0.1) is 12.9 Å². The molecule has 0 radical (unpaired) electrons. The van der Waals surface area contributed by atoms with Crippen LogP contribution >= 0.6 is 11.1 Å². The van der Waals surface area contributed by atoms with E-state index in [9.17, 15) is 0 Å². The fourth-order valence-electron chi connectivity index (χ4n) is 2.38. The normalized spacial score (nSPS) is 17.0. The Hall–Kier alpha value is -0.0462. The van der Waals surface area contributed by atoms with Crippen molar-refractivity contribution in [2.45, 2.75) is 45.7 Å². The van der Waals surface area contributed by atoms with Gasteiger partial charge >= 0.3 is 16.9 Å². The standard InChI is InChI=1S/C12H26N2O3Si.C3H9ClO3Si/c1-4-15-18(16-5-2,17-6-3)9-7-8-12-10-13-11-14-12;1-5-8(4,6-2)7-3/h11-12H,4-10H2,1-3H3,(H,13,14);1-3H3. The van der Waals surface area contributed by atoms with E-state index in [2.05, 4.69) is 10.3 Å². The molecule has 0 aromatic rings. The fraction of sp³-hybridized carbons (Fsp3) is 0.933. The molecule has 1 aliphatic heterocycles. The van der Waals surface area contributed by atoms with Crippen LogP contribution in [0.25, 0.3) is 0 Å². The highest BCUT2D eigenvalue weighted by Crippen LogP contribution is 2.20. The second-order valence-corrected chi connectivity index (χ2v) is 11.6. The summed E-state index contributed by atoms with van der Waals surface area (Å²) in [6, 6.07) is 1.36. The predicted octanol–water partition coefficient (Wildman–Crippen LogP) is 2.42. The molecule has 26 heavy (non-hydrogen) atoms. The van der Waals surface area contributed by atoms with Crippen molar-refractivity contribution in [2.75, 3.05) is 47.7 Å². The Morgan fingerprint density at radius 1 is 1.00 bits per heavy atom. The van der Waals surface area contributed by atoms with E-state index in [1.807, 2.05) is 20.8 Å².